The highest BCUT2D eigenvalue weighted by Crippen LogP contribution is 2.10. The Morgan fingerprint density at radius 2 is 2.17 bits per heavy atom. The first-order valence-electron chi connectivity index (χ1n) is 5.76. The fraction of sp³-hybridized carbons (Fsp3) is 0.385. The fourth-order valence-electron chi connectivity index (χ4n) is 1.34. The maximum Gasteiger partial charge on any atom is 0.332 e. The minimum atomic E-state index is -1.09. The Balaban J connectivity index is 2.46. The Morgan fingerprint density at radius 1 is 1.44 bits per heavy atom. The third kappa shape index (κ3) is 4.55. The smallest absolute Gasteiger partial charge is 0.332 e. The lowest BCUT2D eigenvalue weighted by Crippen LogP contribution is -2.26. The summed E-state index contributed by atoms with van der Waals surface area (Å²) in [6, 6.07) is 7.48. The van der Waals surface area contributed by atoms with Crippen molar-refractivity contribution in [3.05, 3.63) is 29.8 Å². The molecule has 1 atom stereocenters. The molecule has 0 spiro atoms. The van der Waals surface area contributed by atoms with Crippen molar-refractivity contribution in [3.63, 3.8) is 0 Å². The van der Waals surface area contributed by atoms with E-state index in [1.54, 1.807) is 6.07 Å². The molecule has 0 aliphatic rings. The van der Waals surface area contributed by atoms with Crippen LogP contribution in [-0.4, -0.2) is 29.7 Å². The van der Waals surface area contributed by atoms with Crippen molar-refractivity contribution in [2.45, 2.75) is 26.4 Å². The van der Waals surface area contributed by atoms with Crippen molar-refractivity contribution in [1.29, 1.82) is 0 Å². The Morgan fingerprint density at radius 3 is 2.78 bits per heavy atom. The molecule has 0 radical (unpaired) electrons. The van der Waals surface area contributed by atoms with Crippen LogP contribution >= 0.6 is 0 Å². The summed E-state index contributed by atoms with van der Waals surface area (Å²) in [7, 11) is 0. The second-order valence-electron chi connectivity index (χ2n) is 3.89. The largest absolute Gasteiger partial charge is 0.479 e. The average Bonchev–Trinajstić information content (AvgIpc) is 2.36. The van der Waals surface area contributed by atoms with Gasteiger partial charge in [-0.1, -0.05) is 19.1 Å². The number of carboxylic acids is 1. The van der Waals surface area contributed by atoms with Gasteiger partial charge in [-0.2, -0.15) is 0 Å². The second-order valence-corrected chi connectivity index (χ2v) is 3.89. The lowest BCUT2D eigenvalue weighted by atomic mass is 10.1. The number of rotatable bonds is 6. The van der Waals surface area contributed by atoms with E-state index in [1.807, 2.05) is 25.1 Å². The Hall–Kier alpha value is -1.88. The number of ether oxygens (including phenoxy) is 1. The number of benzene rings is 1. The first kappa shape index (κ1) is 14.2. The molecule has 98 valence electrons. The van der Waals surface area contributed by atoms with Gasteiger partial charge in [-0.15, -0.1) is 0 Å². The SMILES string of the molecule is CCc1cccc(NC(=O)CO[C@H](C)C(=O)O)c1. The summed E-state index contributed by atoms with van der Waals surface area (Å²) in [4.78, 5) is 22.0. The van der Waals surface area contributed by atoms with Crippen LogP contribution in [0, 0.1) is 0 Å². The van der Waals surface area contributed by atoms with Crippen LogP contribution in [-0.2, 0) is 20.7 Å². The van der Waals surface area contributed by atoms with Crippen molar-refractivity contribution < 1.29 is 19.4 Å². The molecule has 2 N–H and O–H groups in total. The Bertz CT molecular complexity index is 431. The lowest BCUT2D eigenvalue weighted by Gasteiger charge is -2.09. The number of carbonyl (C=O) groups excluding carboxylic acids is 1. The summed E-state index contributed by atoms with van der Waals surface area (Å²) in [6.45, 7) is 3.13. The number of hydrogen-bond acceptors (Lipinski definition) is 3. The predicted octanol–water partition coefficient (Wildman–Crippen LogP) is 1.68. The molecular weight excluding hydrogens is 234 g/mol. The van der Waals surface area contributed by atoms with Gasteiger partial charge in [0.25, 0.3) is 0 Å². The van der Waals surface area contributed by atoms with Gasteiger partial charge in [0, 0.05) is 5.69 Å². The summed E-state index contributed by atoms with van der Waals surface area (Å²) in [5.41, 5.74) is 1.80. The molecule has 1 amide bonds. The number of amides is 1. The molecule has 0 unspecified atom stereocenters. The van der Waals surface area contributed by atoms with Crippen LogP contribution in [0.15, 0.2) is 24.3 Å². The monoisotopic (exact) mass is 251 g/mol. The van der Waals surface area contributed by atoms with Gasteiger partial charge in [0.15, 0.2) is 6.10 Å². The third-order valence-electron chi connectivity index (χ3n) is 2.43. The molecule has 0 aliphatic carbocycles. The molecule has 0 aromatic heterocycles. The summed E-state index contributed by atoms with van der Waals surface area (Å²) >= 11 is 0. The fourth-order valence-corrected chi connectivity index (χ4v) is 1.34. The minimum Gasteiger partial charge on any atom is -0.479 e. The average molecular weight is 251 g/mol. The van der Waals surface area contributed by atoms with Crippen LogP contribution in [0.5, 0.6) is 0 Å². The van der Waals surface area contributed by atoms with Crippen molar-refractivity contribution in [2.75, 3.05) is 11.9 Å². The number of carbonyl (C=O) groups is 2. The Kier molecular flexibility index (Phi) is 5.32. The lowest BCUT2D eigenvalue weighted by molar-refractivity contribution is -0.150. The quantitative estimate of drug-likeness (QED) is 0.806. The number of aryl methyl sites for hydroxylation is 1. The molecule has 0 bridgehead atoms. The van der Waals surface area contributed by atoms with E-state index in [0.717, 1.165) is 12.0 Å². The van der Waals surface area contributed by atoms with E-state index < -0.39 is 12.1 Å². The van der Waals surface area contributed by atoms with Gasteiger partial charge in [-0.25, -0.2) is 4.79 Å². The highest BCUT2D eigenvalue weighted by molar-refractivity contribution is 5.91. The molecule has 5 nitrogen and oxygen atoms in total. The minimum absolute atomic E-state index is 0.274. The molecule has 0 saturated carbocycles. The van der Waals surface area contributed by atoms with Crippen LogP contribution in [0.25, 0.3) is 0 Å². The molecule has 1 aromatic carbocycles. The maximum atomic E-state index is 11.5. The zero-order valence-electron chi connectivity index (χ0n) is 10.5. The second kappa shape index (κ2) is 6.76. The summed E-state index contributed by atoms with van der Waals surface area (Å²) in [6.07, 6.45) is -0.103. The molecule has 18 heavy (non-hydrogen) atoms. The highest BCUT2D eigenvalue weighted by atomic mass is 16.5. The van der Waals surface area contributed by atoms with Crippen molar-refractivity contribution in [1.82, 2.24) is 0 Å². The molecule has 0 saturated heterocycles. The number of carboxylic acid groups (broad SMARTS) is 1. The molecule has 1 aromatic rings. The zero-order valence-corrected chi connectivity index (χ0v) is 10.5. The van der Waals surface area contributed by atoms with E-state index in [9.17, 15) is 9.59 Å². The number of anilines is 1. The van der Waals surface area contributed by atoms with E-state index in [-0.39, 0.29) is 12.5 Å². The molecule has 0 fully saturated rings. The number of nitrogens with one attached hydrogen (secondary N) is 1. The van der Waals surface area contributed by atoms with Gasteiger partial charge in [-0.05, 0) is 31.0 Å². The highest BCUT2D eigenvalue weighted by Gasteiger charge is 2.13. The van der Waals surface area contributed by atoms with Crippen LogP contribution in [0.3, 0.4) is 0 Å². The molecule has 5 heteroatoms. The maximum absolute atomic E-state index is 11.5. The summed E-state index contributed by atoms with van der Waals surface area (Å²) in [5, 5.41) is 11.3. The van der Waals surface area contributed by atoms with E-state index in [1.165, 1.54) is 6.92 Å². The van der Waals surface area contributed by atoms with Gasteiger partial charge in [0.2, 0.25) is 5.91 Å². The number of aliphatic carboxylic acids is 1. The molecular formula is C13H17NO4. The first-order valence-corrected chi connectivity index (χ1v) is 5.76. The zero-order chi connectivity index (χ0) is 13.5. The predicted molar refractivity (Wildman–Crippen MR) is 67.5 cm³/mol. The molecule has 0 heterocycles. The van der Waals surface area contributed by atoms with Crippen molar-refractivity contribution in [2.24, 2.45) is 0 Å². The summed E-state index contributed by atoms with van der Waals surface area (Å²) < 4.78 is 4.88. The van der Waals surface area contributed by atoms with Gasteiger partial charge >= 0.3 is 5.97 Å². The van der Waals surface area contributed by atoms with E-state index in [2.05, 4.69) is 5.32 Å². The van der Waals surface area contributed by atoms with Crippen LogP contribution in [0.4, 0.5) is 5.69 Å². The van der Waals surface area contributed by atoms with E-state index in [4.69, 9.17) is 9.84 Å². The van der Waals surface area contributed by atoms with Gasteiger partial charge in [0.05, 0.1) is 0 Å². The van der Waals surface area contributed by atoms with Gasteiger partial charge in [0.1, 0.15) is 6.61 Å². The van der Waals surface area contributed by atoms with Crippen molar-refractivity contribution in [3.8, 4) is 0 Å². The Labute approximate surface area is 106 Å². The normalized spacial score (nSPS) is 11.9. The van der Waals surface area contributed by atoms with Gasteiger partial charge < -0.3 is 15.2 Å². The number of hydrogen-bond donors (Lipinski definition) is 2. The summed E-state index contributed by atoms with van der Waals surface area (Å²) in [5.74, 6) is -1.45. The van der Waals surface area contributed by atoms with E-state index in [0.29, 0.717) is 5.69 Å². The molecule has 1 rings (SSSR count). The molecule has 0 aliphatic heterocycles. The third-order valence-corrected chi connectivity index (χ3v) is 2.43. The van der Waals surface area contributed by atoms with Crippen molar-refractivity contribution >= 4 is 17.6 Å². The van der Waals surface area contributed by atoms with Crippen LogP contribution in [0.1, 0.15) is 19.4 Å². The van der Waals surface area contributed by atoms with E-state index >= 15 is 0 Å². The van der Waals surface area contributed by atoms with Crippen LogP contribution < -0.4 is 5.32 Å². The first-order chi connectivity index (χ1) is 8.52. The van der Waals surface area contributed by atoms with Gasteiger partial charge in [-0.3, -0.25) is 4.79 Å². The topological polar surface area (TPSA) is 75.6 Å². The standard InChI is InChI=1S/C13H17NO4/c1-3-10-5-4-6-11(7-10)14-12(15)8-18-9(2)13(16)17/h4-7,9H,3,8H2,1-2H3,(H,14,15)(H,16,17)/t9-/m1/s1. The van der Waals surface area contributed by atoms with Crippen LogP contribution in [0.2, 0.25) is 0 Å².